The Bertz CT molecular complexity index is 1170. The summed E-state index contributed by atoms with van der Waals surface area (Å²) >= 11 is 0. The first kappa shape index (κ1) is 24.5. The topological polar surface area (TPSA) is 94.5 Å². The van der Waals surface area contributed by atoms with Gasteiger partial charge in [0.15, 0.2) is 11.4 Å². The fourth-order valence-electron chi connectivity index (χ4n) is 3.43. The molecule has 0 unspecified atom stereocenters. The predicted octanol–water partition coefficient (Wildman–Crippen LogP) is 4.55. The Labute approximate surface area is 195 Å². The summed E-state index contributed by atoms with van der Waals surface area (Å²) in [7, 11) is 0. The average Bonchev–Trinajstić information content (AvgIpc) is 3.09. The van der Waals surface area contributed by atoms with Crippen molar-refractivity contribution in [3.63, 3.8) is 0 Å². The molecule has 0 spiro atoms. The normalized spacial score (nSPS) is 11.8. The summed E-state index contributed by atoms with van der Waals surface area (Å²) in [6, 6.07) is 9.16. The molecule has 2 aromatic heterocycles. The van der Waals surface area contributed by atoms with Crippen LogP contribution in [0.3, 0.4) is 0 Å². The van der Waals surface area contributed by atoms with E-state index in [0.717, 1.165) is 24.8 Å². The maximum Gasteiger partial charge on any atom is 0.242 e. The first-order chi connectivity index (χ1) is 15.7. The molecular formula is C25H35N5O3. The molecule has 1 N–H and O–H groups in total. The molecule has 0 amide bonds. The number of Topliss-reactive ketones (excluding diaryl/α,β-unsaturated/α-hetero) is 1. The first-order valence-electron chi connectivity index (χ1n) is 11.7. The second kappa shape index (κ2) is 10.2. The van der Waals surface area contributed by atoms with Crippen molar-refractivity contribution < 1.29 is 14.3 Å². The molecular weight excluding hydrogens is 418 g/mol. The highest BCUT2D eigenvalue weighted by atomic mass is 16.5. The van der Waals surface area contributed by atoms with Crippen molar-refractivity contribution in [2.75, 3.05) is 6.61 Å². The van der Waals surface area contributed by atoms with Crippen molar-refractivity contribution in [2.24, 2.45) is 0 Å². The van der Waals surface area contributed by atoms with Crippen LogP contribution in [-0.4, -0.2) is 37.9 Å². The predicted molar refractivity (Wildman–Crippen MR) is 127 cm³/mol. The van der Waals surface area contributed by atoms with Crippen LogP contribution in [-0.2, 0) is 12.0 Å². The van der Waals surface area contributed by atoms with Gasteiger partial charge < -0.3 is 9.47 Å². The highest BCUT2D eigenvalue weighted by Gasteiger charge is 2.19. The Morgan fingerprint density at radius 1 is 1.09 bits per heavy atom. The third-order valence-electron chi connectivity index (χ3n) is 5.52. The van der Waals surface area contributed by atoms with E-state index in [-0.39, 0.29) is 29.5 Å². The Kier molecular flexibility index (Phi) is 7.56. The third-order valence-corrected chi connectivity index (χ3v) is 5.52. The van der Waals surface area contributed by atoms with E-state index >= 15 is 0 Å². The monoisotopic (exact) mass is 453 g/mol. The molecule has 0 saturated heterocycles. The van der Waals surface area contributed by atoms with Crippen LogP contribution in [0.5, 0.6) is 11.6 Å². The highest BCUT2D eigenvalue weighted by Crippen LogP contribution is 2.28. The summed E-state index contributed by atoms with van der Waals surface area (Å²) in [6.07, 6.45) is 2.71. The minimum Gasteiger partial charge on any atom is -0.494 e. The molecule has 2 heterocycles. The number of hydrogen-bond acceptors (Lipinski definition) is 6. The number of fused-ring (bicyclic) bond motifs is 1. The lowest BCUT2D eigenvalue weighted by Crippen LogP contribution is -2.27. The van der Waals surface area contributed by atoms with E-state index in [0.29, 0.717) is 29.4 Å². The zero-order chi connectivity index (χ0) is 24.2. The number of aromatic nitrogens is 4. The molecule has 0 atom stereocenters. The van der Waals surface area contributed by atoms with Gasteiger partial charge in [-0.15, -0.1) is 10.2 Å². The lowest BCUT2D eigenvalue weighted by molar-refractivity contribution is 0.0965. The second-order valence-electron chi connectivity index (χ2n) is 9.25. The van der Waals surface area contributed by atoms with Crippen LogP contribution in [0.2, 0.25) is 0 Å². The van der Waals surface area contributed by atoms with E-state index in [9.17, 15) is 4.79 Å². The quantitative estimate of drug-likeness (QED) is 0.455. The minimum atomic E-state index is -0.141. The van der Waals surface area contributed by atoms with Crippen LogP contribution >= 0.6 is 0 Å². The van der Waals surface area contributed by atoms with Crippen molar-refractivity contribution in [3.8, 4) is 11.6 Å². The van der Waals surface area contributed by atoms with E-state index in [4.69, 9.17) is 14.9 Å². The van der Waals surface area contributed by atoms with Gasteiger partial charge in [-0.05, 0) is 54.5 Å². The molecule has 178 valence electrons. The Morgan fingerprint density at radius 3 is 2.45 bits per heavy atom. The SMILES string of the molecule is CCCOc1cc(C(=O)Cn2nc3ccc(OC(CC)CC)nn3c2=N)cc(C(C)(C)C)c1. The smallest absolute Gasteiger partial charge is 0.242 e. The maximum absolute atomic E-state index is 13.2. The molecule has 0 fully saturated rings. The van der Waals surface area contributed by atoms with Gasteiger partial charge in [0.25, 0.3) is 0 Å². The zero-order valence-corrected chi connectivity index (χ0v) is 20.5. The van der Waals surface area contributed by atoms with E-state index in [1.54, 1.807) is 18.2 Å². The maximum atomic E-state index is 13.2. The van der Waals surface area contributed by atoms with Gasteiger partial charge in [-0.2, -0.15) is 4.52 Å². The van der Waals surface area contributed by atoms with E-state index in [1.807, 2.05) is 19.1 Å². The van der Waals surface area contributed by atoms with Crippen molar-refractivity contribution in [1.82, 2.24) is 19.4 Å². The van der Waals surface area contributed by atoms with Gasteiger partial charge >= 0.3 is 0 Å². The number of ketones is 1. The molecule has 0 aliphatic rings. The molecule has 0 saturated carbocycles. The van der Waals surface area contributed by atoms with Crippen LogP contribution in [0.15, 0.2) is 30.3 Å². The summed E-state index contributed by atoms with van der Waals surface area (Å²) in [6.45, 7) is 13.0. The van der Waals surface area contributed by atoms with Crippen LogP contribution in [0.25, 0.3) is 5.65 Å². The van der Waals surface area contributed by atoms with Crippen molar-refractivity contribution in [3.05, 3.63) is 47.1 Å². The average molecular weight is 454 g/mol. The van der Waals surface area contributed by atoms with Crippen LogP contribution in [0.4, 0.5) is 0 Å². The molecule has 3 aromatic rings. The standard InChI is InChI=1S/C25H35N5O3/c1-7-12-32-20-14-17(13-18(15-20)25(4,5)6)21(31)16-29-24(26)30-22(27-29)10-11-23(28-30)33-19(8-2)9-3/h10-11,13-15,19,26H,7-9,12,16H2,1-6H3. The molecule has 8 nitrogen and oxygen atoms in total. The van der Waals surface area contributed by atoms with Crippen LogP contribution in [0, 0.1) is 5.41 Å². The van der Waals surface area contributed by atoms with E-state index < -0.39 is 0 Å². The molecule has 8 heteroatoms. The van der Waals surface area contributed by atoms with Crippen molar-refractivity contribution >= 4 is 11.4 Å². The third kappa shape index (κ3) is 5.80. The summed E-state index contributed by atoms with van der Waals surface area (Å²) in [4.78, 5) is 13.2. The fraction of sp³-hybridized carbons (Fsp3) is 0.520. The number of benzene rings is 1. The van der Waals surface area contributed by atoms with Gasteiger partial charge in [0, 0.05) is 11.6 Å². The van der Waals surface area contributed by atoms with Gasteiger partial charge in [-0.3, -0.25) is 10.2 Å². The van der Waals surface area contributed by atoms with Gasteiger partial charge in [0.2, 0.25) is 11.5 Å². The second-order valence-corrected chi connectivity index (χ2v) is 9.25. The fourth-order valence-corrected chi connectivity index (χ4v) is 3.43. The largest absolute Gasteiger partial charge is 0.494 e. The van der Waals surface area contributed by atoms with Gasteiger partial charge in [0.1, 0.15) is 12.3 Å². The van der Waals surface area contributed by atoms with Gasteiger partial charge in [0.05, 0.1) is 12.7 Å². The summed E-state index contributed by atoms with van der Waals surface area (Å²) in [5.41, 5.74) is 1.94. The lowest BCUT2D eigenvalue weighted by Gasteiger charge is -2.21. The molecule has 0 aliphatic carbocycles. The number of carbonyl (C=O) groups excluding carboxylic acids is 1. The lowest BCUT2D eigenvalue weighted by atomic mass is 9.85. The van der Waals surface area contributed by atoms with Crippen molar-refractivity contribution in [2.45, 2.75) is 78.9 Å². The summed E-state index contributed by atoms with van der Waals surface area (Å²) in [5, 5.41) is 17.3. The van der Waals surface area contributed by atoms with E-state index in [2.05, 4.69) is 44.8 Å². The van der Waals surface area contributed by atoms with Crippen LogP contribution in [0.1, 0.15) is 76.7 Å². The zero-order valence-electron chi connectivity index (χ0n) is 20.5. The molecule has 3 rings (SSSR count). The Balaban J connectivity index is 1.90. The highest BCUT2D eigenvalue weighted by molar-refractivity contribution is 5.96. The molecule has 0 bridgehead atoms. The minimum absolute atomic E-state index is 0.0165. The molecule has 1 aromatic carbocycles. The number of hydrogen-bond donors (Lipinski definition) is 1. The van der Waals surface area contributed by atoms with Gasteiger partial charge in [-0.1, -0.05) is 41.5 Å². The van der Waals surface area contributed by atoms with Crippen LogP contribution < -0.4 is 15.1 Å². The number of nitrogens with zero attached hydrogens (tertiary/aromatic N) is 4. The molecule has 0 radical (unpaired) electrons. The number of carbonyl (C=O) groups is 1. The summed E-state index contributed by atoms with van der Waals surface area (Å²) in [5.74, 6) is 0.984. The summed E-state index contributed by atoms with van der Waals surface area (Å²) < 4.78 is 14.5. The number of ether oxygens (including phenoxy) is 2. The Hall–Kier alpha value is -3.16. The Morgan fingerprint density at radius 2 is 1.82 bits per heavy atom. The van der Waals surface area contributed by atoms with Gasteiger partial charge in [-0.25, -0.2) is 4.68 Å². The molecule has 0 aliphatic heterocycles. The van der Waals surface area contributed by atoms with E-state index in [1.165, 1.54) is 9.20 Å². The first-order valence-corrected chi connectivity index (χ1v) is 11.7. The number of rotatable bonds is 10. The molecule has 33 heavy (non-hydrogen) atoms. The van der Waals surface area contributed by atoms with Crippen molar-refractivity contribution in [1.29, 1.82) is 5.41 Å². The number of nitrogens with one attached hydrogen (secondary N) is 1.